The van der Waals surface area contributed by atoms with Gasteiger partial charge >= 0.3 is 0 Å². The van der Waals surface area contributed by atoms with Crippen LogP contribution in [0.2, 0.25) is 0 Å². The van der Waals surface area contributed by atoms with E-state index >= 15 is 0 Å². The highest BCUT2D eigenvalue weighted by molar-refractivity contribution is 6.18. The minimum atomic E-state index is -0.303. The predicted molar refractivity (Wildman–Crippen MR) is 92.5 cm³/mol. The molecular formula is C19H17NO4. The van der Waals surface area contributed by atoms with Crippen molar-refractivity contribution in [1.29, 1.82) is 0 Å². The van der Waals surface area contributed by atoms with Gasteiger partial charge in [0.1, 0.15) is 12.0 Å². The van der Waals surface area contributed by atoms with E-state index in [9.17, 15) is 14.4 Å². The van der Waals surface area contributed by atoms with Gasteiger partial charge in [-0.25, -0.2) is 0 Å². The number of methoxy groups -OCH3 is 1. The molecular weight excluding hydrogens is 306 g/mol. The Bertz CT molecular complexity index is 794. The summed E-state index contributed by atoms with van der Waals surface area (Å²) in [7, 11) is 1.48. The van der Waals surface area contributed by atoms with Gasteiger partial charge in [0.25, 0.3) is 0 Å². The summed E-state index contributed by atoms with van der Waals surface area (Å²) < 4.78 is 5.43. The van der Waals surface area contributed by atoms with Crippen LogP contribution in [0.1, 0.15) is 28.4 Å². The minimum absolute atomic E-state index is 0.282. The summed E-state index contributed by atoms with van der Waals surface area (Å²) in [5.41, 5.74) is 2.26. The van der Waals surface area contributed by atoms with E-state index in [1.54, 1.807) is 12.1 Å². The molecule has 2 aromatic carbocycles. The van der Waals surface area contributed by atoms with Crippen molar-refractivity contribution in [3.63, 3.8) is 0 Å². The van der Waals surface area contributed by atoms with E-state index in [4.69, 9.17) is 4.74 Å². The van der Waals surface area contributed by atoms with E-state index in [1.165, 1.54) is 20.1 Å². The Balaban J connectivity index is 2.69. The highest BCUT2D eigenvalue weighted by Gasteiger charge is 2.16. The van der Waals surface area contributed by atoms with E-state index in [1.807, 2.05) is 30.3 Å². The van der Waals surface area contributed by atoms with Crippen molar-refractivity contribution in [3.05, 3.63) is 65.2 Å². The average molecular weight is 323 g/mol. The molecule has 2 aromatic rings. The lowest BCUT2D eigenvalue weighted by molar-refractivity contribution is -0.114. The molecule has 0 aliphatic heterocycles. The summed E-state index contributed by atoms with van der Waals surface area (Å²) in [4.78, 5) is 34.2. The van der Waals surface area contributed by atoms with E-state index in [-0.39, 0.29) is 11.5 Å². The summed E-state index contributed by atoms with van der Waals surface area (Å²) in [6, 6.07) is 13.9. The second kappa shape index (κ2) is 7.87. The van der Waals surface area contributed by atoms with Crippen LogP contribution in [0.25, 0.3) is 11.3 Å². The van der Waals surface area contributed by atoms with Gasteiger partial charge in [0.05, 0.1) is 12.7 Å². The van der Waals surface area contributed by atoms with E-state index in [2.05, 4.69) is 5.32 Å². The van der Waals surface area contributed by atoms with Crippen LogP contribution in [0.15, 0.2) is 48.5 Å². The molecule has 0 atom stereocenters. The molecule has 2 rings (SSSR count). The van der Waals surface area contributed by atoms with Crippen LogP contribution in [-0.4, -0.2) is 25.6 Å². The van der Waals surface area contributed by atoms with Crippen molar-refractivity contribution in [3.8, 4) is 0 Å². The van der Waals surface area contributed by atoms with Gasteiger partial charge in [0.15, 0.2) is 6.29 Å². The third kappa shape index (κ3) is 3.76. The number of rotatable bonds is 6. The SMILES string of the molecule is COC(=C(C=O)c1ccc(C=O)cc1NC(C)=O)c1ccccc1. The molecule has 0 saturated heterocycles. The van der Waals surface area contributed by atoms with Gasteiger partial charge in [0, 0.05) is 29.3 Å². The maximum Gasteiger partial charge on any atom is 0.221 e. The molecule has 1 amide bonds. The lowest BCUT2D eigenvalue weighted by Gasteiger charge is -2.15. The topological polar surface area (TPSA) is 72.5 Å². The van der Waals surface area contributed by atoms with Crippen LogP contribution >= 0.6 is 0 Å². The standard InChI is InChI=1S/C19H17NO4/c1-13(23)20-18-10-14(11-21)8-9-16(18)17(12-22)19(24-2)15-6-4-3-5-7-15/h3-12H,1-2H3,(H,20,23). The van der Waals surface area contributed by atoms with E-state index < -0.39 is 0 Å². The third-order valence-electron chi connectivity index (χ3n) is 3.38. The zero-order valence-corrected chi connectivity index (χ0v) is 13.4. The molecule has 1 N–H and O–H groups in total. The van der Waals surface area contributed by atoms with Crippen LogP contribution in [0.3, 0.4) is 0 Å². The molecule has 5 heteroatoms. The number of anilines is 1. The lowest BCUT2D eigenvalue weighted by atomic mass is 9.98. The van der Waals surface area contributed by atoms with E-state index in [0.717, 1.165) is 5.56 Å². The van der Waals surface area contributed by atoms with E-state index in [0.29, 0.717) is 35.1 Å². The van der Waals surface area contributed by atoms with Crippen LogP contribution < -0.4 is 5.32 Å². The molecule has 0 spiro atoms. The van der Waals surface area contributed by atoms with Crippen LogP contribution in [0.4, 0.5) is 5.69 Å². The Hall–Kier alpha value is -3.21. The molecule has 0 aliphatic rings. The molecule has 5 nitrogen and oxygen atoms in total. The maximum absolute atomic E-state index is 11.8. The molecule has 0 aromatic heterocycles. The minimum Gasteiger partial charge on any atom is -0.495 e. The molecule has 24 heavy (non-hydrogen) atoms. The molecule has 122 valence electrons. The number of ether oxygens (including phenoxy) is 1. The van der Waals surface area contributed by atoms with Crippen LogP contribution in [0.5, 0.6) is 0 Å². The van der Waals surface area contributed by atoms with Gasteiger partial charge < -0.3 is 10.1 Å². The summed E-state index contributed by atoms with van der Waals surface area (Å²) in [6.45, 7) is 1.36. The Kier molecular flexibility index (Phi) is 5.63. The molecule has 0 saturated carbocycles. The monoisotopic (exact) mass is 323 g/mol. The first kappa shape index (κ1) is 17.1. The fraction of sp³-hybridized carbons (Fsp3) is 0.105. The second-order valence-corrected chi connectivity index (χ2v) is 5.03. The number of carbonyl (C=O) groups is 3. The number of carbonyl (C=O) groups excluding carboxylic acids is 3. The number of amides is 1. The Labute approximate surface area is 140 Å². The summed E-state index contributed by atoms with van der Waals surface area (Å²) in [6.07, 6.45) is 1.35. The fourth-order valence-electron chi connectivity index (χ4n) is 2.38. The van der Waals surface area contributed by atoms with Crippen molar-refractivity contribution in [2.24, 2.45) is 0 Å². The van der Waals surface area contributed by atoms with Gasteiger partial charge in [-0.05, 0) is 6.07 Å². The molecule has 0 heterocycles. The van der Waals surface area contributed by atoms with Gasteiger partial charge in [-0.1, -0.05) is 42.5 Å². The lowest BCUT2D eigenvalue weighted by Crippen LogP contribution is -2.09. The van der Waals surface area contributed by atoms with Crippen molar-refractivity contribution in [2.45, 2.75) is 6.92 Å². The highest BCUT2D eigenvalue weighted by atomic mass is 16.5. The first-order valence-electron chi connectivity index (χ1n) is 7.26. The maximum atomic E-state index is 11.8. The van der Waals surface area contributed by atoms with Crippen molar-refractivity contribution in [1.82, 2.24) is 0 Å². The first-order valence-corrected chi connectivity index (χ1v) is 7.26. The van der Waals surface area contributed by atoms with Crippen molar-refractivity contribution >= 4 is 35.5 Å². The number of nitrogens with one attached hydrogen (secondary N) is 1. The summed E-state index contributed by atoms with van der Waals surface area (Å²) >= 11 is 0. The number of hydrogen-bond acceptors (Lipinski definition) is 4. The number of benzene rings is 2. The molecule has 0 aliphatic carbocycles. The molecule has 0 radical (unpaired) electrons. The number of hydrogen-bond donors (Lipinski definition) is 1. The van der Waals surface area contributed by atoms with Gasteiger partial charge in [0.2, 0.25) is 5.91 Å². The number of aldehydes is 2. The van der Waals surface area contributed by atoms with Gasteiger partial charge in [-0.2, -0.15) is 0 Å². The number of allylic oxidation sites excluding steroid dienone is 1. The zero-order valence-electron chi connectivity index (χ0n) is 13.4. The Morgan fingerprint density at radius 1 is 1.08 bits per heavy atom. The third-order valence-corrected chi connectivity index (χ3v) is 3.38. The highest BCUT2D eigenvalue weighted by Crippen LogP contribution is 2.31. The quantitative estimate of drug-likeness (QED) is 0.383. The van der Waals surface area contributed by atoms with Crippen LogP contribution in [-0.2, 0) is 14.3 Å². The largest absolute Gasteiger partial charge is 0.495 e. The summed E-state index contributed by atoms with van der Waals surface area (Å²) in [5, 5.41) is 2.65. The summed E-state index contributed by atoms with van der Waals surface area (Å²) in [5.74, 6) is 0.0827. The average Bonchev–Trinajstić information content (AvgIpc) is 2.60. The first-order chi connectivity index (χ1) is 11.6. The van der Waals surface area contributed by atoms with Crippen molar-refractivity contribution < 1.29 is 19.1 Å². The van der Waals surface area contributed by atoms with Gasteiger partial charge in [-0.3, -0.25) is 14.4 Å². The molecule has 0 bridgehead atoms. The second-order valence-electron chi connectivity index (χ2n) is 5.03. The Morgan fingerprint density at radius 2 is 1.79 bits per heavy atom. The normalized spacial score (nSPS) is 11.2. The Morgan fingerprint density at radius 3 is 2.33 bits per heavy atom. The smallest absolute Gasteiger partial charge is 0.221 e. The van der Waals surface area contributed by atoms with Crippen LogP contribution in [0, 0.1) is 0 Å². The van der Waals surface area contributed by atoms with Crippen molar-refractivity contribution in [2.75, 3.05) is 12.4 Å². The zero-order chi connectivity index (χ0) is 17.5. The van der Waals surface area contributed by atoms with Gasteiger partial charge in [-0.15, -0.1) is 0 Å². The fourth-order valence-corrected chi connectivity index (χ4v) is 2.38. The molecule has 0 unspecified atom stereocenters. The predicted octanol–water partition coefficient (Wildman–Crippen LogP) is 3.17. The molecule has 0 fully saturated rings.